The van der Waals surface area contributed by atoms with Crippen LogP contribution in [0.3, 0.4) is 0 Å². The summed E-state index contributed by atoms with van der Waals surface area (Å²) in [5, 5.41) is 2.37. The summed E-state index contributed by atoms with van der Waals surface area (Å²) in [5.41, 5.74) is 0.609. The molecule has 0 spiro atoms. The van der Waals surface area contributed by atoms with Crippen LogP contribution in [-0.2, 0) is 19.1 Å². The van der Waals surface area contributed by atoms with Crippen molar-refractivity contribution in [3.05, 3.63) is 0 Å². The van der Waals surface area contributed by atoms with E-state index >= 15 is 0 Å². The summed E-state index contributed by atoms with van der Waals surface area (Å²) in [7, 11) is 1.22. The van der Waals surface area contributed by atoms with Crippen LogP contribution in [0.15, 0.2) is 0 Å². The Labute approximate surface area is 80.2 Å². The second-order valence-corrected chi connectivity index (χ2v) is 3.06. The summed E-state index contributed by atoms with van der Waals surface area (Å²) in [4.78, 5) is 31.6. The van der Waals surface area contributed by atoms with Gasteiger partial charge in [-0.3, -0.25) is 9.59 Å². The molecule has 0 aromatic rings. The maximum absolute atomic E-state index is 11.0. The fourth-order valence-electron chi connectivity index (χ4n) is 0.692. The summed E-state index contributed by atoms with van der Waals surface area (Å²) < 4.78 is 4.43. The summed E-state index contributed by atoms with van der Waals surface area (Å²) in [6.45, 7) is 1.29. The number of nitrogens with one attached hydrogen (secondary N) is 1. The van der Waals surface area contributed by atoms with Gasteiger partial charge in [-0.05, 0) is 0 Å². The van der Waals surface area contributed by atoms with E-state index in [4.69, 9.17) is 0 Å². The molecule has 1 N–H and O–H groups in total. The number of ether oxygens (including phenoxy) is 1. The van der Waals surface area contributed by atoms with Crippen LogP contribution >= 0.6 is 11.8 Å². The van der Waals surface area contributed by atoms with Gasteiger partial charge in [-0.2, -0.15) is 0 Å². The van der Waals surface area contributed by atoms with Crippen LogP contribution in [-0.4, -0.2) is 36.4 Å². The van der Waals surface area contributed by atoms with Crippen molar-refractivity contribution in [3.8, 4) is 0 Å². The van der Waals surface area contributed by atoms with Gasteiger partial charge in [0.2, 0.25) is 5.91 Å². The molecule has 0 radical (unpaired) electrons. The molecule has 1 atom stereocenters. The first-order chi connectivity index (χ1) is 6.11. The van der Waals surface area contributed by atoms with Crippen LogP contribution in [0.5, 0.6) is 0 Å². The Kier molecular flexibility index (Phi) is 5.96. The van der Waals surface area contributed by atoms with Gasteiger partial charge >= 0.3 is 5.97 Å². The third-order valence-electron chi connectivity index (χ3n) is 1.19. The Hall–Kier alpha value is -1.04. The van der Waals surface area contributed by atoms with Gasteiger partial charge in [-0.15, -0.1) is 0 Å². The highest BCUT2D eigenvalue weighted by atomic mass is 32.2. The lowest BCUT2D eigenvalue weighted by atomic mass is 10.3. The Balaban J connectivity index is 4.09. The third-order valence-corrected chi connectivity index (χ3v) is 1.86. The third kappa shape index (κ3) is 5.24. The fourth-order valence-corrected chi connectivity index (χ4v) is 1.18. The predicted molar refractivity (Wildman–Crippen MR) is 48.8 cm³/mol. The summed E-state index contributed by atoms with van der Waals surface area (Å²) >= 11 is 0.906. The summed E-state index contributed by atoms with van der Waals surface area (Å²) in [5.74, 6) is -0.693. The van der Waals surface area contributed by atoms with Gasteiger partial charge < -0.3 is 10.1 Å². The average Bonchev–Trinajstić information content (AvgIpc) is 2.10. The molecule has 13 heavy (non-hydrogen) atoms. The maximum atomic E-state index is 11.0. The lowest BCUT2D eigenvalue weighted by Gasteiger charge is -2.12. The molecular weight excluding hydrogens is 194 g/mol. The van der Waals surface area contributed by atoms with Crippen molar-refractivity contribution < 1.29 is 19.1 Å². The van der Waals surface area contributed by atoms with Crippen molar-refractivity contribution in [3.63, 3.8) is 0 Å². The second-order valence-electron chi connectivity index (χ2n) is 2.21. The number of esters is 1. The molecule has 1 unspecified atom stereocenters. The van der Waals surface area contributed by atoms with E-state index in [0.717, 1.165) is 11.8 Å². The van der Waals surface area contributed by atoms with Crippen molar-refractivity contribution in [2.75, 3.05) is 12.9 Å². The van der Waals surface area contributed by atoms with Crippen molar-refractivity contribution in [1.82, 2.24) is 5.32 Å². The zero-order valence-electron chi connectivity index (χ0n) is 7.40. The van der Waals surface area contributed by atoms with Crippen LogP contribution in [0.1, 0.15) is 6.92 Å². The van der Waals surface area contributed by atoms with Crippen LogP contribution in [0.2, 0.25) is 0 Å². The van der Waals surface area contributed by atoms with E-state index in [0.29, 0.717) is 5.62 Å². The normalized spacial score (nSPS) is 11.5. The van der Waals surface area contributed by atoms with Crippen molar-refractivity contribution in [2.45, 2.75) is 13.0 Å². The molecule has 0 aromatic heterocycles. The molecule has 5 nitrogen and oxygen atoms in total. The molecule has 0 rings (SSSR count). The lowest BCUT2D eigenvalue weighted by molar-refractivity contribution is -0.144. The molecule has 1 amide bonds. The lowest BCUT2D eigenvalue weighted by Crippen LogP contribution is -2.42. The number of methoxy groups -OCH3 is 1. The van der Waals surface area contributed by atoms with E-state index in [2.05, 4.69) is 10.1 Å². The monoisotopic (exact) mass is 205 g/mol. The minimum Gasteiger partial charge on any atom is -0.467 e. The number of rotatable bonds is 5. The van der Waals surface area contributed by atoms with Crippen LogP contribution in [0.25, 0.3) is 0 Å². The first-order valence-electron chi connectivity index (χ1n) is 3.52. The van der Waals surface area contributed by atoms with Gasteiger partial charge in [-0.25, -0.2) is 4.79 Å². The molecule has 0 aliphatic rings. The SMILES string of the molecule is COC(=O)C(CSC=O)NC(C)=O. The Bertz CT molecular complexity index is 207. The number of carbonyl (C=O) groups excluding carboxylic acids is 3. The highest BCUT2D eigenvalue weighted by molar-refractivity contribution is 8.11. The Morgan fingerprint density at radius 2 is 2.23 bits per heavy atom. The minimum absolute atomic E-state index is 0.190. The molecule has 0 aromatic carbocycles. The molecule has 0 aliphatic carbocycles. The van der Waals surface area contributed by atoms with Crippen molar-refractivity contribution >= 4 is 29.3 Å². The molecular formula is C7H11NO4S. The molecule has 0 saturated heterocycles. The van der Waals surface area contributed by atoms with Gasteiger partial charge in [-0.1, -0.05) is 11.8 Å². The van der Waals surface area contributed by atoms with Crippen LogP contribution in [0.4, 0.5) is 0 Å². The maximum Gasteiger partial charge on any atom is 0.329 e. The van der Waals surface area contributed by atoms with E-state index in [1.807, 2.05) is 0 Å². The molecule has 6 heteroatoms. The molecule has 0 bridgehead atoms. The zero-order valence-corrected chi connectivity index (χ0v) is 8.22. The number of hydrogen-bond acceptors (Lipinski definition) is 5. The first-order valence-corrected chi connectivity index (χ1v) is 4.57. The van der Waals surface area contributed by atoms with E-state index < -0.39 is 12.0 Å². The Morgan fingerprint density at radius 3 is 2.62 bits per heavy atom. The second kappa shape index (κ2) is 6.47. The van der Waals surface area contributed by atoms with Gasteiger partial charge in [0.1, 0.15) is 6.04 Å². The minimum atomic E-state index is -0.752. The quantitative estimate of drug-likeness (QED) is 0.488. The number of thioether (sulfide) groups is 1. The van der Waals surface area contributed by atoms with E-state index in [9.17, 15) is 14.4 Å². The molecule has 0 aliphatic heterocycles. The van der Waals surface area contributed by atoms with Crippen molar-refractivity contribution in [1.29, 1.82) is 0 Å². The summed E-state index contributed by atoms with van der Waals surface area (Å²) in [6.07, 6.45) is 0. The number of hydrogen-bond donors (Lipinski definition) is 1. The highest BCUT2D eigenvalue weighted by Gasteiger charge is 2.19. The van der Waals surface area contributed by atoms with Crippen LogP contribution in [0, 0.1) is 0 Å². The molecule has 0 saturated carbocycles. The Morgan fingerprint density at radius 1 is 1.62 bits per heavy atom. The van der Waals surface area contributed by atoms with E-state index in [-0.39, 0.29) is 11.7 Å². The van der Waals surface area contributed by atoms with Crippen LogP contribution < -0.4 is 5.32 Å². The predicted octanol–water partition coefficient (Wildman–Crippen LogP) is -0.413. The van der Waals surface area contributed by atoms with E-state index in [1.54, 1.807) is 0 Å². The number of carbonyl (C=O) groups is 3. The zero-order chi connectivity index (χ0) is 10.3. The fraction of sp³-hybridized carbons (Fsp3) is 0.571. The number of amides is 1. The van der Waals surface area contributed by atoms with Gasteiger partial charge in [0.05, 0.1) is 7.11 Å². The molecule has 0 fully saturated rings. The average molecular weight is 205 g/mol. The largest absolute Gasteiger partial charge is 0.467 e. The first kappa shape index (κ1) is 12.0. The van der Waals surface area contributed by atoms with Gasteiger partial charge in [0, 0.05) is 12.7 Å². The molecule has 0 heterocycles. The molecule has 74 valence electrons. The highest BCUT2D eigenvalue weighted by Crippen LogP contribution is 1.99. The topological polar surface area (TPSA) is 72.5 Å². The van der Waals surface area contributed by atoms with Gasteiger partial charge in [0.15, 0.2) is 5.62 Å². The smallest absolute Gasteiger partial charge is 0.329 e. The van der Waals surface area contributed by atoms with Gasteiger partial charge in [0.25, 0.3) is 0 Å². The van der Waals surface area contributed by atoms with E-state index in [1.165, 1.54) is 14.0 Å². The van der Waals surface area contributed by atoms with Crippen molar-refractivity contribution in [2.24, 2.45) is 0 Å². The summed E-state index contributed by atoms with van der Waals surface area (Å²) in [6, 6.07) is -0.752. The standard InChI is InChI=1S/C7H11NO4S/c1-5(10)8-6(3-13-4-9)7(11)12-2/h4,6H,3H2,1-2H3,(H,8,10).